The molecule has 0 unspecified atom stereocenters. The minimum atomic E-state index is 0.0987. The Bertz CT molecular complexity index is 594. The normalized spacial score (nSPS) is 11.7. The molecular weight excluding hydrogens is 262 g/mol. The number of benzene rings is 1. The number of nitrogens with one attached hydrogen (secondary N) is 1. The van der Waals surface area contributed by atoms with Crippen LogP contribution in [0.15, 0.2) is 34.7 Å². The quantitative estimate of drug-likeness (QED) is 0.887. The molecule has 1 aromatic heterocycles. The molecule has 0 aliphatic heterocycles. The van der Waals surface area contributed by atoms with E-state index in [-0.39, 0.29) is 5.54 Å². The molecule has 1 aromatic carbocycles. The average Bonchev–Trinajstić information content (AvgIpc) is 2.75. The van der Waals surface area contributed by atoms with Crippen molar-refractivity contribution in [1.29, 1.82) is 0 Å². The molecule has 3 heteroatoms. The first-order valence-electron chi connectivity index (χ1n) is 7.37. The van der Waals surface area contributed by atoms with Crippen LogP contribution in [0.5, 0.6) is 5.75 Å². The summed E-state index contributed by atoms with van der Waals surface area (Å²) in [6.07, 6.45) is 0. The molecule has 21 heavy (non-hydrogen) atoms. The fraction of sp³-hybridized carbons (Fsp3) is 0.444. The molecule has 0 amide bonds. The number of aryl methyl sites for hydroxylation is 2. The molecule has 0 fully saturated rings. The Morgan fingerprint density at radius 3 is 2.52 bits per heavy atom. The third kappa shape index (κ3) is 4.64. The molecule has 2 rings (SSSR count). The van der Waals surface area contributed by atoms with Gasteiger partial charge < -0.3 is 14.5 Å². The second kappa shape index (κ2) is 6.35. The standard InChI is InChI=1S/C18H25NO2/c1-13-8-6-7-9-17(13)20-12-16-10-15(14(2)21-16)11-19-18(3,4)5/h6-10,19H,11-12H2,1-5H3. The Morgan fingerprint density at radius 2 is 1.86 bits per heavy atom. The fourth-order valence-corrected chi connectivity index (χ4v) is 2.06. The summed E-state index contributed by atoms with van der Waals surface area (Å²) in [7, 11) is 0. The zero-order chi connectivity index (χ0) is 15.5. The van der Waals surface area contributed by atoms with Crippen LogP contribution < -0.4 is 10.1 Å². The smallest absolute Gasteiger partial charge is 0.146 e. The van der Waals surface area contributed by atoms with Gasteiger partial charge in [-0.2, -0.15) is 0 Å². The van der Waals surface area contributed by atoms with Gasteiger partial charge in [-0.05, 0) is 52.3 Å². The van der Waals surface area contributed by atoms with Gasteiger partial charge in [0.05, 0.1) is 0 Å². The highest BCUT2D eigenvalue weighted by Gasteiger charge is 2.13. The van der Waals surface area contributed by atoms with Gasteiger partial charge in [-0.3, -0.25) is 0 Å². The second-order valence-corrected chi connectivity index (χ2v) is 6.45. The van der Waals surface area contributed by atoms with Crippen molar-refractivity contribution < 1.29 is 9.15 Å². The summed E-state index contributed by atoms with van der Waals surface area (Å²) >= 11 is 0. The van der Waals surface area contributed by atoms with Crippen molar-refractivity contribution in [2.45, 2.75) is 53.3 Å². The highest BCUT2D eigenvalue weighted by molar-refractivity contribution is 5.32. The first-order valence-corrected chi connectivity index (χ1v) is 7.37. The number of hydrogen-bond acceptors (Lipinski definition) is 3. The first kappa shape index (κ1) is 15.6. The second-order valence-electron chi connectivity index (χ2n) is 6.45. The minimum Gasteiger partial charge on any atom is -0.485 e. The van der Waals surface area contributed by atoms with Gasteiger partial charge in [0.25, 0.3) is 0 Å². The molecule has 2 aromatic rings. The van der Waals surface area contributed by atoms with E-state index < -0.39 is 0 Å². The maximum Gasteiger partial charge on any atom is 0.146 e. The predicted octanol–water partition coefficient (Wildman–Crippen LogP) is 4.36. The number of ether oxygens (including phenoxy) is 1. The van der Waals surface area contributed by atoms with Crippen LogP contribution in [0.25, 0.3) is 0 Å². The molecule has 0 radical (unpaired) electrons. The van der Waals surface area contributed by atoms with E-state index in [0.717, 1.165) is 29.4 Å². The first-order chi connectivity index (χ1) is 9.85. The van der Waals surface area contributed by atoms with E-state index in [0.29, 0.717) is 6.61 Å². The van der Waals surface area contributed by atoms with Crippen LogP contribution in [0.2, 0.25) is 0 Å². The number of furan rings is 1. The molecule has 0 spiro atoms. The van der Waals surface area contributed by atoms with Crippen LogP contribution in [-0.4, -0.2) is 5.54 Å². The SMILES string of the molecule is Cc1ccccc1OCc1cc(CNC(C)(C)C)c(C)o1. The predicted molar refractivity (Wildman–Crippen MR) is 85.5 cm³/mol. The largest absolute Gasteiger partial charge is 0.485 e. The zero-order valence-corrected chi connectivity index (χ0v) is 13.6. The molecule has 0 aliphatic rings. The Hall–Kier alpha value is -1.74. The Labute approximate surface area is 127 Å². The van der Waals surface area contributed by atoms with Crippen molar-refractivity contribution >= 4 is 0 Å². The summed E-state index contributed by atoms with van der Waals surface area (Å²) in [6.45, 7) is 11.8. The van der Waals surface area contributed by atoms with Crippen LogP contribution in [0, 0.1) is 13.8 Å². The Balaban J connectivity index is 1.97. The van der Waals surface area contributed by atoms with Gasteiger partial charge >= 0.3 is 0 Å². The van der Waals surface area contributed by atoms with E-state index >= 15 is 0 Å². The lowest BCUT2D eigenvalue weighted by molar-refractivity contribution is 0.266. The summed E-state index contributed by atoms with van der Waals surface area (Å²) in [4.78, 5) is 0. The molecule has 3 nitrogen and oxygen atoms in total. The molecule has 0 saturated carbocycles. The summed E-state index contributed by atoms with van der Waals surface area (Å²) in [5, 5.41) is 3.47. The third-order valence-electron chi connectivity index (χ3n) is 3.34. The van der Waals surface area contributed by atoms with E-state index in [4.69, 9.17) is 9.15 Å². The summed E-state index contributed by atoms with van der Waals surface area (Å²) in [5.74, 6) is 2.72. The lowest BCUT2D eigenvalue weighted by Gasteiger charge is -2.20. The van der Waals surface area contributed by atoms with Crippen molar-refractivity contribution in [2.75, 3.05) is 0 Å². The van der Waals surface area contributed by atoms with Crippen LogP contribution in [0.1, 0.15) is 43.4 Å². The Morgan fingerprint density at radius 1 is 1.14 bits per heavy atom. The van der Waals surface area contributed by atoms with Crippen molar-refractivity contribution in [3.05, 3.63) is 53.0 Å². The molecule has 0 aliphatic carbocycles. The highest BCUT2D eigenvalue weighted by atomic mass is 16.5. The topological polar surface area (TPSA) is 34.4 Å². The highest BCUT2D eigenvalue weighted by Crippen LogP contribution is 2.20. The van der Waals surface area contributed by atoms with Gasteiger partial charge in [0.15, 0.2) is 0 Å². The monoisotopic (exact) mass is 287 g/mol. The lowest BCUT2D eigenvalue weighted by Crippen LogP contribution is -2.35. The maximum absolute atomic E-state index is 5.82. The van der Waals surface area contributed by atoms with Crippen molar-refractivity contribution in [3.63, 3.8) is 0 Å². The fourth-order valence-electron chi connectivity index (χ4n) is 2.06. The van der Waals surface area contributed by atoms with Gasteiger partial charge in [-0.15, -0.1) is 0 Å². The number of hydrogen-bond donors (Lipinski definition) is 1. The van der Waals surface area contributed by atoms with E-state index in [9.17, 15) is 0 Å². The third-order valence-corrected chi connectivity index (χ3v) is 3.34. The molecule has 0 saturated heterocycles. The zero-order valence-electron chi connectivity index (χ0n) is 13.6. The summed E-state index contributed by atoms with van der Waals surface area (Å²) in [6, 6.07) is 10.1. The van der Waals surface area contributed by atoms with Crippen molar-refractivity contribution in [3.8, 4) is 5.75 Å². The minimum absolute atomic E-state index is 0.0987. The average molecular weight is 287 g/mol. The van der Waals surface area contributed by atoms with E-state index in [1.807, 2.05) is 38.1 Å². The molecule has 114 valence electrons. The molecule has 0 atom stereocenters. The molecule has 0 bridgehead atoms. The molecule has 1 N–H and O–H groups in total. The summed E-state index contributed by atoms with van der Waals surface area (Å²) in [5.41, 5.74) is 2.42. The van der Waals surface area contributed by atoms with Gasteiger partial charge in [0, 0.05) is 17.6 Å². The number of rotatable bonds is 5. The van der Waals surface area contributed by atoms with Crippen LogP contribution >= 0.6 is 0 Å². The van der Waals surface area contributed by atoms with Crippen molar-refractivity contribution in [1.82, 2.24) is 5.32 Å². The van der Waals surface area contributed by atoms with Gasteiger partial charge in [0.2, 0.25) is 0 Å². The van der Waals surface area contributed by atoms with Gasteiger partial charge in [-0.25, -0.2) is 0 Å². The number of para-hydroxylation sites is 1. The Kier molecular flexibility index (Phi) is 4.73. The van der Waals surface area contributed by atoms with E-state index in [2.05, 4.69) is 32.2 Å². The van der Waals surface area contributed by atoms with Crippen LogP contribution in [0.4, 0.5) is 0 Å². The molecular formula is C18H25NO2. The van der Waals surface area contributed by atoms with E-state index in [1.165, 1.54) is 5.56 Å². The van der Waals surface area contributed by atoms with Crippen LogP contribution in [-0.2, 0) is 13.2 Å². The van der Waals surface area contributed by atoms with Gasteiger partial charge in [-0.1, -0.05) is 18.2 Å². The van der Waals surface area contributed by atoms with Crippen LogP contribution in [0.3, 0.4) is 0 Å². The maximum atomic E-state index is 5.82. The molecule has 1 heterocycles. The van der Waals surface area contributed by atoms with Crippen molar-refractivity contribution in [2.24, 2.45) is 0 Å². The van der Waals surface area contributed by atoms with Gasteiger partial charge in [0.1, 0.15) is 23.9 Å². The van der Waals surface area contributed by atoms with E-state index in [1.54, 1.807) is 0 Å². The lowest BCUT2D eigenvalue weighted by atomic mass is 10.1. The summed E-state index contributed by atoms with van der Waals surface area (Å²) < 4.78 is 11.6.